The number of rotatable bonds is 4. The molecule has 0 fully saturated rings. The molecule has 0 bridgehead atoms. The molecule has 1 atom stereocenters. The Labute approximate surface area is 151 Å². The van der Waals surface area contributed by atoms with Gasteiger partial charge in [0.2, 0.25) is 11.7 Å². The Balaban J connectivity index is 2.02. The van der Waals surface area contributed by atoms with Gasteiger partial charge in [-0.25, -0.2) is 9.78 Å². The smallest absolute Gasteiger partial charge is 0.449 e. The zero-order valence-corrected chi connectivity index (χ0v) is 14.0. The van der Waals surface area contributed by atoms with Gasteiger partial charge in [-0.15, -0.1) is 0 Å². The van der Waals surface area contributed by atoms with E-state index in [1.54, 1.807) is 12.1 Å². The number of aromatic nitrogens is 2. The van der Waals surface area contributed by atoms with Gasteiger partial charge < -0.3 is 15.0 Å². The van der Waals surface area contributed by atoms with Crippen molar-refractivity contribution in [2.45, 2.75) is 19.1 Å². The number of hydrogen-bond donors (Lipinski definition) is 2. The average molecular weight is 377 g/mol. The van der Waals surface area contributed by atoms with Crippen LogP contribution < -0.4 is 5.32 Å². The lowest BCUT2D eigenvalue weighted by molar-refractivity contribution is -0.148. The van der Waals surface area contributed by atoms with E-state index in [-0.39, 0.29) is 22.3 Å². The quantitative estimate of drug-likeness (QED) is 0.721. The minimum Gasteiger partial charge on any atom is -0.478 e. The molecule has 0 spiro atoms. The Bertz CT molecular complexity index is 1030. The van der Waals surface area contributed by atoms with Gasteiger partial charge in [0.25, 0.3) is 0 Å². The first-order valence-corrected chi connectivity index (χ1v) is 7.87. The molecule has 0 unspecified atom stereocenters. The third kappa shape index (κ3) is 3.48. The number of aromatic carboxylic acids is 1. The number of benzene rings is 2. The summed E-state index contributed by atoms with van der Waals surface area (Å²) in [5, 5.41) is 11.6. The van der Waals surface area contributed by atoms with Gasteiger partial charge in [-0.3, -0.25) is 4.79 Å². The van der Waals surface area contributed by atoms with Gasteiger partial charge in [0.05, 0.1) is 22.3 Å². The van der Waals surface area contributed by atoms with Crippen molar-refractivity contribution in [3.8, 4) is 0 Å². The second-order valence-corrected chi connectivity index (χ2v) is 5.81. The van der Waals surface area contributed by atoms with Crippen LogP contribution in [-0.4, -0.2) is 26.5 Å². The van der Waals surface area contributed by atoms with Gasteiger partial charge >= 0.3 is 12.1 Å². The maximum atomic E-state index is 13.4. The van der Waals surface area contributed by atoms with Crippen molar-refractivity contribution in [1.82, 2.24) is 9.55 Å². The number of carboxylic acids is 1. The third-order valence-electron chi connectivity index (χ3n) is 4.03. The van der Waals surface area contributed by atoms with Gasteiger partial charge in [-0.2, -0.15) is 13.2 Å². The number of amides is 1. The number of carbonyl (C=O) groups excluding carboxylic acids is 1. The van der Waals surface area contributed by atoms with E-state index in [0.29, 0.717) is 0 Å². The van der Waals surface area contributed by atoms with Crippen LogP contribution in [0.4, 0.5) is 18.9 Å². The molecule has 2 aromatic carbocycles. The van der Waals surface area contributed by atoms with Gasteiger partial charge in [-0.05, 0) is 31.2 Å². The van der Waals surface area contributed by atoms with Crippen LogP contribution in [0.25, 0.3) is 11.0 Å². The van der Waals surface area contributed by atoms with E-state index in [9.17, 15) is 27.9 Å². The highest BCUT2D eigenvalue weighted by Crippen LogP contribution is 2.34. The number of imidazole rings is 1. The van der Waals surface area contributed by atoms with Crippen LogP contribution in [0, 0.1) is 0 Å². The topological polar surface area (TPSA) is 84.2 Å². The van der Waals surface area contributed by atoms with Crippen molar-refractivity contribution in [2.75, 3.05) is 5.32 Å². The Morgan fingerprint density at radius 3 is 2.41 bits per heavy atom. The first-order valence-electron chi connectivity index (χ1n) is 7.87. The molecule has 9 heteroatoms. The lowest BCUT2D eigenvalue weighted by Crippen LogP contribution is -2.28. The Morgan fingerprint density at radius 2 is 1.74 bits per heavy atom. The van der Waals surface area contributed by atoms with E-state index < -0.39 is 29.9 Å². The highest BCUT2D eigenvalue weighted by molar-refractivity contribution is 6.01. The van der Waals surface area contributed by atoms with E-state index in [1.165, 1.54) is 43.3 Å². The molecule has 3 aromatic rings. The summed E-state index contributed by atoms with van der Waals surface area (Å²) in [5.41, 5.74) is 0.0961. The summed E-state index contributed by atoms with van der Waals surface area (Å²) < 4.78 is 41.0. The number of fused-ring (bicyclic) bond motifs is 1. The van der Waals surface area contributed by atoms with Gasteiger partial charge in [-0.1, -0.05) is 24.3 Å². The predicted octanol–water partition coefficient (Wildman–Crippen LogP) is 3.95. The summed E-state index contributed by atoms with van der Waals surface area (Å²) in [7, 11) is 0. The fraction of sp³-hybridized carbons (Fsp3) is 0.167. The van der Waals surface area contributed by atoms with Crippen molar-refractivity contribution < 1.29 is 27.9 Å². The Kier molecular flexibility index (Phi) is 4.61. The molecule has 0 saturated heterocycles. The van der Waals surface area contributed by atoms with Crippen LogP contribution in [0.1, 0.15) is 29.1 Å². The SMILES string of the molecule is C[C@@H](C(=O)Nc1ccccc1C(=O)O)n1c(C(F)(F)F)nc2ccccc21. The van der Waals surface area contributed by atoms with Crippen molar-refractivity contribution in [3.63, 3.8) is 0 Å². The van der Waals surface area contributed by atoms with E-state index in [4.69, 9.17) is 0 Å². The molecule has 0 saturated carbocycles. The molecule has 1 amide bonds. The fourth-order valence-electron chi connectivity index (χ4n) is 2.77. The van der Waals surface area contributed by atoms with Crippen LogP contribution in [0.15, 0.2) is 48.5 Å². The molecular formula is C18H14F3N3O3. The van der Waals surface area contributed by atoms with Crippen LogP contribution in [-0.2, 0) is 11.0 Å². The van der Waals surface area contributed by atoms with Crippen LogP contribution in [0.3, 0.4) is 0 Å². The second kappa shape index (κ2) is 6.75. The molecule has 27 heavy (non-hydrogen) atoms. The largest absolute Gasteiger partial charge is 0.478 e. The number of alkyl halides is 3. The molecule has 1 heterocycles. The predicted molar refractivity (Wildman–Crippen MR) is 91.5 cm³/mol. The van der Waals surface area contributed by atoms with Crippen LogP contribution in [0.2, 0.25) is 0 Å². The summed E-state index contributed by atoms with van der Waals surface area (Å²) in [5.74, 6) is -3.25. The molecule has 0 aliphatic heterocycles. The number of nitrogens with zero attached hydrogens (tertiary/aromatic N) is 2. The maximum Gasteiger partial charge on any atom is 0.449 e. The molecule has 0 aliphatic rings. The zero-order valence-electron chi connectivity index (χ0n) is 14.0. The normalized spacial score (nSPS) is 12.7. The third-order valence-corrected chi connectivity index (χ3v) is 4.03. The van der Waals surface area contributed by atoms with Crippen molar-refractivity contribution in [3.05, 3.63) is 59.9 Å². The number of carboxylic acid groups (broad SMARTS) is 1. The van der Waals surface area contributed by atoms with Gasteiger partial charge in [0.15, 0.2) is 0 Å². The summed E-state index contributed by atoms with van der Waals surface area (Å²) in [6.07, 6.45) is -4.76. The maximum absolute atomic E-state index is 13.4. The monoisotopic (exact) mass is 377 g/mol. The molecular weight excluding hydrogens is 363 g/mol. The summed E-state index contributed by atoms with van der Waals surface area (Å²) in [6.45, 7) is 1.29. The standard InChI is InChI=1S/C18H14F3N3O3/c1-10(15(25)22-12-7-3-2-6-11(12)16(26)27)24-14-9-5-4-8-13(14)23-17(24)18(19,20)21/h2-10H,1H3,(H,22,25)(H,26,27)/t10-/m0/s1. The second-order valence-electron chi connectivity index (χ2n) is 5.81. The highest BCUT2D eigenvalue weighted by Gasteiger charge is 2.39. The molecule has 0 radical (unpaired) electrons. The van der Waals surface area contributed by atoms with Gasteiger partial charge in [0, 0.05) is 0 Å². The van der Waals surface area contributed by atoms with E-state index in [2.05, 4.69) is 10.3 Å². The van der Waals surface area contributed by atoms with E-state index in [0.717, 1.165) is 4.57 Å². The molecule has 1 aromatic heterocycles. The number of anilines is 1. The van der Waals surface area contributed by atoms with Crippen LogP contribution in [0.5, 0.6) is 0 Å². The molecule has 2 N–H and O–H groups in total. The van der Waals surface area contributed by atoms with E-state index >= 15 is 0 Å². The number of halogens is 3. The minimum atomic E-state index is -4.76. The summed E-state index contributed by atoms with van der Waals surface area (Å²) in [4.78, 5) is 27.4. The summed E-state index contributed by atoms with van der Waals surface area (Å²) in [6, 6.07) is 10.3. The number of nitrogens with one attached hydrogen (secondary N) is 1. The lowest BCUT2D eigenvalue weighted by atomic mass is 10.1. The zero-order chi connectivity index (χ0) is 19.8. The summed E-state index contributed by atoms with van der Waals surface area (Å²) >= 11 is 0. The highest BCUT2D eigenvalue weighted by atomic mass is 19.4. The Morgan fingerprint density at radius 1 is 1.11 bits per heavy atom. The lowest BCUT2D eigenvalue weighted by Gasteiger charge is -2.19. The number of para-hydroxylation sites is 3. The molecule has 140 valence electrons. The number of hydrogen-bond acceptors (Lipinski definition) is 3. The van der Waals surface area contributed by atoms with E-state index in [1.807, 2.05) is 0 Å². The minimum absolute atomic E-state index is 0.000158. The van der Waals surface area contributed by atoms with Gasteiger partial charge in [0.1, 0.15) is 6.04 Å². The van der Waals surface area contributed by atoms with Crippen LogP contribution >= 0.6 is 0 Å². The van der Waals surface area contributed by atoms with Crippen molar-refractivity contribution >= 4 is 28.6 Å². The number of carbonyl (C=O) groups is 2. The Hall–Kier alpha value is -3.36. The first-order chi connectivity index (χ1) is 12.7. The van der Waals surface area contributed by atoms with Crippen molar-refractivity contribution in [2.24, 2.45) is 0 Å². The molecule has 0 aliphatic carbocycles. The average Bonchev–Trinajstić information content (AvgIpc) is 3.01. The first kappa shape index (κ1) is 18.4. The van der Waals surface area contributed by atoms with Crippen molar-refractivity contribution in [1.29, 1.82) is 0 Å². The fourth-order valence-corrected chi connectivity index (χ4v) is 2.77. The molecule has 3 rings (SSSR count). The molecule has 6 nitrogen and oxygen atoms in total.